The summed E-state index contributed by atoms with van der Waals surface area (Å²) in [6.07, 6.45) is 5.75. The van der Waals surface area contributed by atoms with Gasteiger partial charge in [-0.05, 0) is 52.4 Å². The fraction of sp³-hybridized carbons (Fsp3) is 0.758. The van der Waals surface area contributed by atoms with Crippen LogP contribution in [0.4, 0.5) is 0 Å². The van der Waals surface area contributed by atoms with Crippen molar-refractivity contribution in [1.29, 1.82) is 0 Å². The summed E-state index contributed by atoms with van der Waals surface area (Å²) in [5.74, 6) is -0.870. The molecular weight excluding hydrogens is 598 g/mol. The third-order valence-electron chi connectivity index (χ3n) is 6.79. The number of hydrogen-bond acceptors (Lipinski definition) is 11. The number of hydrogen-bond donors (Lipinski definition) is 3. The molecule has 0 aliphatic rings. The summed E-state index contributed by atoms with van der Waals surface area (Å²) >= 11 is 0. The number of rotatable bonds is 34. The van der Waals surface area contributed by atoms with E-state index in [-0.39, 0.29) is 61.0 Å². The summed E-state index contributed by atoms with van der Waals surface area (Å²) in [6, 6.07) is 0. The molecule has 0 aromatic rings. The number of nitrogens with one attached hydrogen (secondary N) is 2. The number of amides is 2. The number of unbranched alkanes of at least 4 members (excludes halogenated alkanes) is 1. The molecule has 0 heterocycles. The number of ketones is 4. The highest BCUT2D eigenvalue weighted by Gasteiger charge is 2.15. The summed E-state index contributed by atoms with van der Waals surface area (Å²) in [5.41, 5.74) is 6.21. The van der Waals surface area contributed by atoms with Crippen LogP contribution in [0.2, 0.25) is 0 Å². The summed E-state index contributed by atoms with van der Waals surface area (Å²) in [4.78, 5) is 69.3. The number of primary amides is 1. The highest BCUT2D eigenvalue weighted by Crippen LogP contribution is 2.14. The van der Waals surface area contributed by atoms with Gasteiger partial charge in [0.1, 0.15) is 24.8 Å². The minimum atomic E-state index is -0.400. The van der Waals surface area contributed by atoms with Gasteiger partial charge in [0.05, 0.1) is 33.0 Å². The third kappa shape index (κ3) is 29.7. The van der Waals surface area contributed by atoms with Gasteiger partial charge in [0.15, 0.2) is 11.6 Å². The molecule has 0 aromatic carbocycles. The predicted molar refractivity (Wildman–Crippen MR) is 173 cm³/mol. The van der Waals surface area contributed by atoms with E-state index in [1.807, 2.05) is 0 Å². The molecule has 0 saturated heterocycles. The largest absolute Gasteiger partial charge is 0.387 e. The standard InChI is InChI=1S/C33H57N3O10/c1-26(35-17-19-44-21-23-46-25-31(40)11-7-18-43-20-22-45-24-28(3)38)8-6-10-30(39)14-15-32(41)36-16-5-4-9-29(33(34)42)13-12-27(2)37/h29,35H,1,4-25H2,2-3H3,(H2,34,42)(H,36,41)/t29-/m1/s1. The predicted octanol–water partition coefficient (Wildman–Crippen LogP) is 2.37. The van der Waals surface area contributed by atoms with Crippen molar-refractivity contribution in [3.05, 3.63) is 12.3 Å². The van der Waals surface area contributed by atoms with Gasteiger partial charge in [0, 0.05) is 63.4 Å². The second kappa shape index (κ2) is 29.4. The average Bonchev–Trinajstić information content (AvgIpc) is 2.99. The summed E-state index contributed by atoms with van der Waals surface area (Å²) in [5, 5.41) is 5.96. The van der Waals surface area contributed by atoms with E-state index in [0.717, 1.165) is 5.70 Å². The molecule has 46 heavy (non-hydrogen) atoms. The molecule has 0 spiro atoms. The molecule has 13 nitrogen and oxygen atoms in total. The molecular formula is C33H57N3O10. The van der Waals surface area contributed by atoms with Crippen LogP contribution in [0.5, 0.6) is 0 Å². The second-order valence-corrected chi connectivity index (χ2v) is 11.3. The fourth-order valence-corrected chi connectivity index (χ4v) is 4.19. The molecule has 0 saturated carbocycles. The first-order chi connectivity index (χ1) is 22.0. The number of carbonyl (C=O) groups is 6. The van der Waals surface area contributed by atoms with Gasteiger partial charge >= 0.3 is 0 Å². The Morgan fingerprint density at radius 1 is 0.587 bits per heavy atom. The van der Waals surface area contributed by atoms with E-state index in [0.29, 0.717) is 117 Å². The van der Waals surface area contributed by atoms with Crippen LogP contribution < -0.4 is 16.4 Å². The maximum atomic E-state index is 12.1. The van der Waals surface area contributed by atoms with Crippen molar-refractivity contribution >= 4 is 34.9 Å². The van der Waals surface area contributed by atoms with Crippen LogP contribution in [-0.4, -0.2) is 101 Å². The van der Waals surface area contributed by atoms with Crippen molar-refractivity contribution in [1.82, 2.24) is 10.6 Å². The molecule has 1 atom stereocenters. The van der Waals surface area contributed by atoms with E-state index in [2.05, 4.69) is 17.2 Å². The minimum absolute atomic E-state index is 0.00105. The van der Waals surface area contributed by atoms with E-state index < -0.39 is 5.91 Å². The zero-order chi connectivity index (χ0) is 34.4. The molecule has 0 fully saturated rings. The van der Waals surface area contributed by atoms with Gasteiger partial charge in [-0.15, -0.1) is 0 Å². The lowest BCUT2D eigenvalue weighted by Gasteiger charge is -2.12. The quantitative estimate of drug-likeness (QED) is 0.0863. The SMILES string of the molecule is C=C(CCCC(=O)CCC(=O)NCCCC[C@H](CCC(C)=O)C(N)=O)NCCOCCOCC(=O)CCCOCCOCC(C)=O. The fourth-order valence-electron chi connectivity index (χ4n) is 4.19. The molecule has 2 amide bonds. The molecule has 0 bridgehead atoms. The summed E-state index contributed by atoms with van der Waals surface area (Å²) < 4.78 is 21.3. The molecule has 0 unspecified atom stereocenters. The van der Waals surface area contributed by atoms with E-state index in [1.165, 1.54) is 13.8 Å². The molecule has 0 aromatic heterocycles. The van der Waals surface area contributed by atoms with E-state index in [9.17, 15) is 28.8 Å². The van der Waals surface area contributed by atoms with Crippen molar-refractivity contribution in [2.45, 2.75) is 90.9 Å². The highest BCUT2D eigenvalue weighted by atomic mass is 16.5. The zero-order valence-corrected chi connectivity index (χ0v) is 28.0. The van der Waals surface area contributed by atoms with Gasteiger partial charge in [-0.25, -0.2) is 0 Å². The summed E-state index contributed by atoms with van der Waals surface area (Å²) in [7, 11) is 0. The van der Waals surface area contributed by atoms with E-state index in [1.54, 1.807) is 0 Å². The lowest BCUT2D eigenvalue weighted by Crippen LogP contribution is -2.26. The first kappa shape index (κ1) is 43.0. The van der Waals surface area contributed by atoms with E-state index >= 15 is 0 Å². The van der Waals surface area contributed by atoms with Gasteiger partial charge in [0.2, 0.25) is 11.8 Å². The highest BCUT2D eigenvalue weighted by molar-refractivity contribution is 5.85. The number of nitrogens with two attached hydrogens (primary N) is 1. The van der Waals surface area contributed by atoms with Crippen LogP contribution in [0.3, 0.4) is 0 Å². The molecule has 0 rings (SSSR count). The van der Waals surface area contributed by atoms with Crippen molar-refractivity contribution in [2.24, 2.45) is 11.7 Å². The Hall–Kier alpha value is -3.00. The first-order valence-corrected chi connectivity index (χ1v) is 16.3. The van der Waals surface area contributed by atoms with Crippen molar-refractivity contribution in [3.8, 4) is 0 Å². The van der Waals surface area contributed by atoms with Crippen molar-refractivity contribution in [3.63, 3.8) is 0 Å². The lowest BCUT2D eigenvalue weighted by atomic mass is 9.95. The van der Waals surface area contributed by atoms with Gasteiger partial charge in [0.25, 0.3) is 0 Å². The minimum Gasteiger partial charge on any atom is -0.387 e. The van der Waals surface area contributed by atoms with Crippen LogP contribution >= 0.6 is 0 Å². The monoisotopic (exact) mass is 655 g/mol. The Morgan fingerprint density at radius 3 is 1.91 bits per heavy atom. The topological polar surface area (TPSA) is 189 Å². The molecule has 0 radical (unpaired) electrons. The van der Waals surface area contributed by atoms with Crippen LogP contribution in [0, 0.1) is 5.92 Å². The zero-order valence-electron chi connectivity index (χ0n) is 28.0. The molecule has 0 aliphatic heterocycles. The van der Waals surface area contributed by atoms with Crippen LogP contribution in [0.15, 0.2) is 12.3 Å². The van der Waals surface area contributed by atoms with Crippen LogP contribution in [0.1, 0.15) is 90.9 Å². The maximum absolute atomic E-state index is 12.1. The number of carbonyl (C=O) groups excluding carboxylic acids is 6. The Bertz CT molecular complexity index is 925. The number of ether oxygens (including phenoxy) is 4. The normalized spacial score (nSPS) is 11.5. The third-order valence-corrected chi connectivity index (χ3v) is 6.79. The molecule has 264 valence electrons. The molecule has 4 N–H and O–H groups in total. The Kier molecular flexibility index (Phi) is 27.5. The first-order valence-electron chi connectivity index (χ1n) is 16.3. The molecule has 0 aliphatic carbocycles. The summed E-state index contributed by atoms with van der Waals surface area (Å²) in [6.45, 7) is 10.4. The number of allylic oxidation sites excluding steroid dienone is 1. The maximum Gasteiger partial charge on any atom is 0.220 e. The van der Waals surface area contributed by atoms with Crippen molar-refractivity contribution < 1.29 is 47.7 Å². The van der Waals surface area contributed by atoms with Gasteiger partial charge in [-0.1, -0.05) is 13.0 Å². The smallest absolute Gasteiger partial charge is 0.220 e. The van der Waals surface area contributed by atoms with Gasteiger partial charge in [-0.2, -0.15) is 0 Å². The van der Waals surface area contributed by atoms with Crippen molar-refractivity contribution in [2.75, 3.05) is 65.9 Å². The van der Waals surface area contributed by atoms with Gasteiger partial charge in [-0.3, -0.25) is 24.0 Å². The lowest BCUT2D eigenvalue weighted by molar-refractivity contribution is -0.125. The van der Waals surface area contributed by atoms with E-state index in [4.69, 9.17) is 24.7 Å². The molecule has 13 heteroatoms. The Labute approximate surface area is 274 Å². The Morgan fingerprint density at radius 2 is 1.24 bits per heavy atom. The second-order valence-electron chi connectivity index (χ2n) is 11.3. The number of Topliss-reactive ketones (excluding diaryl/α,β-unsaturated/α-hetero) is 4. The van der Waals surface area contributed by atoms with Crippen LogP contribution in [-0.2, 0) is 47.7 Å². The average molecular weight is 656 g/mol. The Balaban J connectivity index is 3.61. The van der Waals surface area contributed by atoms with Gasteiger partial charge < -0.3 is 40.1 Å². The van der Waals surface area contributed by atoms with Crippen LogP contribution in [0.25, 0.3) is 0 Å².